The van der Waals surface area contributed by atoms with Gasteiger partial charge in [0.25, 0.3) is 5.91 Å². The molecule has 1 aromatic carbocycles. The van der Waals surface area contributed by atoms with E-state index in [4.69, 9.17) is 5.26 Å². The van der Waals surface area contributed by atoms with E-state index in [1.807, 2.05) is 45.0 Å². The van der Waals surface area contributed by atoms with Crippen LogP contribution in [0.3, 0.4) is 0 Å². The van der Waals surface area contributed by atoms with Gasteiger partial charge >= 0.3 is 0 Å². The number of amides is 1. The Hall–Kier alpha value is -2.28. The Labute approximate surface area is 120 Å². The molecular weight excluding hydrogens is 250 g/mol. The monoisotopic (exact) mass is 271 g/mol. The fraction of sp³-hybridized carbons (Fsp3) is 0.375. The minimum atomic E-state index is -0.335. The zero-order valence-electron chi connectivity index (χ0n) is 12.2. The van der Waals surface area contributed by atoms with E-state index in [1.54, 1.807) is 0 Å². The molecule has 0 aliphatic heterocycles. The van der Waals surface area contributed by atoms with Crippen molar-refractivity contribution in [3.63, 3.8) is 0 Å². The summed E-state index contributed by atoms with van der Waals surface area (Å²) >= 11 is 0. The van der Waals surface area contributed by atoms with Gasteiger partial charge in [-0.25, -0.2) is 0 Å². The van der Waals surface area contributed by atoms with E-state index in [2.05, 4.69) is 16.7 Å². The molecule has 0 saturated carbocycles. The Morgan fingerprint density at radius 1 is 1.45 bits per heavy atom. The Kier molecular flexibility index (Phi) is 6.31. The third kappa shape index (κ3) is 5.57. The van der Waals surface area contributed by atoms with E-state index in [0.29, 0.717) is 19.0 Å². The highest BCUT2D eigenvalue weighted by Gasteiger charge is 2.08. The van der Waals surface area contributed by atoms with Crippen molar-refractivity contribution in [3.8, 4) is 6.07 Å². The van der Waals surface area contributed by atoms with E-state index in [-0.39, 0.29) is 11.5 Å². The summed E-state index contributed by atoms with van der Waals surface area (Å²) in [7, 11) is 0. The molecule has 0 saturated heterocycles. The van der Waals surface area contributed by atoms with Crippen molar-refractivity contribution in [2.75, 3.05) is 6.54 Å². The van der Waals surface area contributed by atoms with Gasteiger partial charge in [-0.15, -0.1) is 0 Å². The van der Waals surface area contributed by atoms with Crippen molar-refractivity contribution in [1.82, 2.24) is 10.6 Å². The summed E-state index contributed by atoms with van der Waals surface area (Å²) in [6.07, 6.45) is 1.47. The van der Waals surface area contributed by atoms with Crippen molar-refractivity contribution in [2.24, 2.45) is 5.92 Å². The average molecular weight is 271 g/mol. The molecule has 0 unspecified atom stereocenters. The van der Waals surface area contributed by atoms with Gasteiger partial charge in [0.05, 0.1) is 0 Å². The van der Waals surface area contributed by atoms with Gasteiger partial charge in [0.1, 0.15) is 11.6 Å². The average Bonchev–Trinajstić information content (AvgIpc) is 2.41. The molecule has 1 rings (SSSR count). The maximum Gasteiger partial charge on any atom is 0.263 e. The van der Waals surface area contributed by atoms with Crippen molar-refractivity contribution < 1.29 is 4.79 Å². The lowest BCUT2D eigenvalue weighted by molar-refractivity contribution is -0.117. The van der Waals surface area contributed by atoms with Crippen LogP contribution in [0, 0.1) is 24.2 Å². The summed E-state index contributed by atoms with van der Waals surface area (Å²) < 4.78 is 0. The fourth-order valence-corrected chi connectivity index (χ4v) is 1.63. The summed E-state index contributed by atoms with van der Waals surface area (Å²) in [4.78, 5) is 11.7. The SMILES string of the molecule is Cc1cccc(CN/C=C(/C#N)C(=O)NCC(C)C)c1. The zero-order chi connectivity index (χ0) is 15.0. The van der Waals surface area contributed by atoms with Crippen LogP contribution in [0.25, 0.3) is 0 Å². The van der Waals surface area contributed by atoms with Gasteiger partial charge in [-0.2, -0.15) is 5.26 Å². The van der Waals surface area contributed by atoms with E-state index in [0.717, 1.165) is 5.56 Å². The molecule has 0 spiro atoms. The number of carbonyl (C=O) groups is 1. The van der Waals surface area contributed by atoms with Crippen molar-refractivity contribution >= 4 is 5.91 Å². The van der Waals surface area contributed by atoms with Crippen LogP contribution >= 0.6 is 0 Å². The third-order valence-corrected chi connectivity index (χ3v) is 2.67. The second-order valence-corrected chi connectivity index (χ2v) is 5.14. The maximum absolute atomic E-state index is 11.7. The zero-order valence-corrected chi connectivity index (χ0v) is 12.2. The predicted octanol–water partition coefficient (Wildman–Crippen LogP) is 2.26. The normalized spacial score (nSPS) is 11.1. The van der Waals surface area contributed by atoms with Gasteiger partial charge in [0.15, 0.2) is 0 Å². The second-order valence-electron chi connectivity index (χ2n) is 5.14. The quantitative estimate of drug-likeness (QED) is 0.616. The van der Waals surface area contributed by atoms with Gasteiger partial charge in [-0.05, 0) is 18.4 Å². The molecule has 106 valence electrons. The molecule has 0 radical (unpaired) electrons. The largest absolute Gasteiger partial charge is 0.386 e. The number of benzene rings is 1. The highest BCUT2D eigenvalue weighted by Crippen LogP contribution is 2.03. The molecule has 4 heteroatoms. The van der Waals surface area contributed by atoms with E-state index < -0.39 is 0 Å². The van der Waals surface area contributed by atoms with Gasteiger partial charge in [-0.3, -0.25) is 4.79 Å². The van der Waals surface area contributed by atoms with Crippen LogP contribution in [-0.4, -0.2) is 12.5 Å². The van der Waals surface area contributed by atoms with Crippen molar-refractivity contribution in [2.45, 2.75) is 27.3 Å². The van der Waals surface area contributed by atoms with E-state index in [1.165, 1.54) is 11.8 Å². The van der Waals surface area contributed by atoms with Crippen LogP contribution < -0.4 is 10.6 Å². The summed E-state index contributed by atoms with van der Waals surface area (Å²) in [6, 6.07) is 9.98. The van der Waals surface area contributed by atoms with Crippen molar-refractivity contribution in [1.29, 1.82) is 5.26 Å². The van der Waals surface area contributed by atoms with Crippen LogP contribution in [0.15, 0.2) is 36.0 Å². The first-order valence-corrected chi connectivity index (χ1v) is 6.70. The van der Waals surface area contributed by atoms with Gasteiger partial charge in [-0.1, -0.05) is 43.7 Å². The predicted molar refractivity (Wildman–Crippen MR) is 79.6 cm³/mol. The fourth-order valence-electron chi connectivity index (χ4n) is 1.63. The highest BCUT2D eigenvalue weighted by atomic mass is 16.1. The Bertz CT molecular complexity index is 527. The lowest BCUT2D eigenvalue weighted by Crippen LogP contribution is -2.29. The molecule has 0 aliphatic rings. The third-order valence-electron chi connectivity index (χ3n) is 2.67. The number of nitrogens with zero attached hydrogens (tertiary/aromatic N) is 1. The van der Waals surface area contributed by atoms with Crippen LogP contribution in [0.1, 0.15) is 25.0 Å². The van der Waals surface area contributed by atoms with Gasteiger partial charge in [0, 0.05) is 19.3 Å². The van der Waals surface area contributed by atoms with Crippen LogP contribution in [0.5, 0.6) is 0 Å². The molecule has 0 atom stereocenters. The molecule has 0 heterocycles. The molecule has 0 aromatic heterocycles. The second kappa shape index (κ2) is 8.00. The number of carbonyl (C=O) groups excluding carboxylic acids is 1. The van der Waals surface area contributed by atoms with Crippen LogP contribution in [-0.2, 0) is 11.3 Å². The molecule has 0 aliphatic carbocycles. The van der Waals surface area contributed by atoms with E-state index in [9.17, 15) is 4.79 Å². The number of hydrogen-bond donors (Lipinski definition) is 2. The first kappa shape index (κ1) is 15.8. The number of aryl methyl sites for hydroxylation is 1. The number of rotatable bonds is 6. The Morgan fingerprint density at radius 2 is 2.20 bits per heavy atom. The molecule has 0 fully saturated rings. The van der Waals surface area contributed by atoms with Crippen LogP contribution in [0.2, 0.25) is 0 Å². The smallest absolute Gasteiger partial charge is 0.263 e. The molecule has 1 aromatic rings. The summed E-state index contributed by atoms with van der Waals surface area (Å²) in [5.41, 5.74) is 2.39. The first-order chi connectivity index (χ1) is 9.52. The maximum atomic E-state index is 11.7. The highest BCUT2D eigenvalue weighted by molar-refractivity contribution is 5.97. The summed E-state index contributed by atoms with van der Waals surface area (Å²) in [5, 5.41) is 14.7. The van der Waals surface area contributed by atoms with Gasteiger partial charge in [0.2, 0.25) is 0 Å². The lowest BCUT2D eigenvalue weighted by atomic mass is 10.1. The minimum absolute atomic E-state index is 0.0957. The molecule has 1 amide bonds. The summed E-state index contributed by atoms with van der Waals surface area (Å²) in [5.74, 6) is 0.0251. The number of nitriles is 1. The van der Waals surface area contributed by atoms with Crippen molar-refractivity contribution in [3.05, 3.63) is 47.2 Å². The number of hydrogen-bond acceptors (Lipinski definition) is 3. The molecule has 20 heavy (non-hydrogen) atoms. The first-order valence-electron chi connectivity index (χ1n) is 6.70. The number of nitrogens with one attached hydrogen (secondary N) is 2. The Balaban J connectivity index is 2.54. The van der Waals surface area contributed by atoms with E-state index >= 15 is 0 Å². The Morgan fingerprint density at radius 3 is 2.80 bits per heavy atom. The molecule has 0 bridgehead atoms. The van der Waals surface area contributed by atoms with Gasteiger partial charge < -0.3 is 10.6 Å². The van der Waals surface area contributed by atoms with Crippen LogP contribution in [0.4, 0.5) is 0 Å². The molecule has 4 nitrogen and oxygen atoms in total. The topological polar surface area (TPSA) is 64.9 Å². The lowest BCUT2D eigenvalue weighted by Gasteiger charge is -2.07. The summed E-state index contributed by atoms with van der Waals surface area (Å²) in [6.45, 7) is 7.19. The standard InChI is InChI=1S/C16H21N3O/c1-12(2)9-19-16(20)15(8-17)11-18-10-14-6-4-5-13(3)7-14/h4-7,11-12,18H,9-10H2,1-3H3,(H,19,20)/b15-11-. The molecular formula is C16H21N3O. The minimum Gasteiger partial charge on any atom is -0.386 e. The molecule has 2 N–H and O–H groups in total.